The molecule has 0 amide bonds. The van der Waals surface area contributed by atoms with Gasteiger partial charge in [-0.3, -0.25) is 0 Å². The van der Waals surface area contributed by atoms with Gasteiger partial charge in [0, 0.05) is 35.9 Å². The zero-order valence-electron chi connectivity index (χ0n) is 13.1. The van der Waals surface area contributed by atoms with Crippen LogP contribution in [-0.4, -0.2) is 16.1 Å². The molecule has 3 nitrogen and oxygen atoms in total. The van der Waals surface area contributed by atoms with E-state index in [1.807, 2.05) is 6.20 Å². The van der Waals surface area contributed by atoms with Crippen LogP contribution in [0.2, 0.25) is 0 Å². The predicted molar refractivity (Wildman–Crippen MR) is 91.5 cm³/mol. The molecule has 114 valence electrons. The van der Waals surface area contributed by atoms with E-state index in [-0.39, 0.29) is 0 Å². The first-order valence-electron chi connectivity index (χ1n) is 7.65. The van der Waals surface area contributed by atoms with Crippen molar-refractivity contribution in [2.45, 2.75) is 46.2 Å². The van der Waals surface area contributed by atoms with Gasteiger partial charge in [-0.15, -0.1) is 0 Å². The molecule has 0 fully saturated rings. The van der Waals surface area contributed by atoms with Gasteiger partial charge in [0.05, 0.1) is 0 Å². The van der Waals surface area contributed by atoms with Crippen molar-refractivity contribution in [1.82, 2.24) is 14.9 Å². The minimum Gasteiger partial charge on any atom is -0.335 e. The van der Waals surface area contributed by atoms with Gasteiger partial charge in [0.15, 0.2) is 0 Å². The van der Waals surface area contributed by atoms with Gasteiger partial charge >= 0.3 is 0 Å². The van der Waals surface area contributed by atoms with Gasteiger partial charge in [0.25, 0.3) is 0 Å². The van der Waals surface area contributed by atoms with Crippen LogP contribution >= 0.6 is 15.9 Å². The molecule has 1 aromatic heterocycles. The Hall–Kier alpha value is -1.13. The summed E-state index contributed by atoms with van der Waals surface area (Å²) in [5.41, 5.74) is 2.67. The Balaban J connectivity index is 2.25. The van der Waals surface area contributed by atoms with Crippen molar-refractivity contribution >= 4 is 15.9 Å². The summed E-state index contributed by atoms with van der Waals surface area (Å²) in [5.74, 6) is 1.15. The van der Waals surface area contributed by atoms with Crippen LogP contribution in [-0.2, 0) is 13.0 Å². The van der Waals surface area contributed by atoms with Crippen LogP contribution in [0, 0.1) is 6.92 Å². The first kappa shape index (κ1) is 16.2. The number of nitrogens with one attached hydrogen (secondary N) is 1. The minimum atomic E-state index is 0.311. The number of benzene rings is 1. The third-order valence-electron chi connectivity index (χ3n) is 3.78. The monoisotopic (exact) mass is 349 g/mol. The van der Waals surface area contributed by atoms with Crippen molar-refractivity contribution in [2.24, 2.45) is 0 Å². The fourth-order valence-corrected chi connectivity index (χ4v) is 3.12. The molecule has 1 unspecified atom stereocenters. The van der Waals surface area contributed by atoms with Crippen molar-refractivity contribution in [1.29, 1.82) is 0 Å². The van der Waals surface area contributed by atoms with Crippen LogP contribution in [0.1, 0.15) is 43.3 Å². The largest absolute Gasteiger partial charge is 0.335 e. The predicted octanol–water partition coefficient (Wildman–Crippen LogP) is 4.26. The van der Waals surface area contributed by atoms with Crippen molar-refractivity contribution in [3.8, 4) is 0 Å². The van der Waals surface area contributed by atoms with E-state index in [2.05, 4.69) is 76.0 Å². The Morgan fingerprint density at radius 1 is 1.33 bits per heavy atom. The number of halogens is 1. The van der Waals surface area contributed by atoms with E-state index in [0.29, 0.717) is 6.04 Å². The van der Waals surface area contributed by atoms with E-state index in [4.69, 9.17) is 0 Å². The highest BCUT2D eigenvalue weighted by Gasteiger charge is 2.16. The average Bonchev–Trinajstić information content (AvgIpc) is 2.91. The first-order valence-corrected chi connectivity index (χ1v) is 8.44. The molecule has 0 radical (unpaired) electrons. The molecule has 0 spiro atoms. The normalized spacial score (nSPS) is 12.6. The van der Waals surface area contributed by atoms with Crippen LogP contribution in [0.15, 0.2) is 35.1 Å². The number of imidazole rings is 1. The van der Waals surface area contributed by atoms with E-state index >= 15 is 0 Å². The molecule has 1 heterocycles. The lowest BCUT2D eigenvalue weighted by molar-refractivity contribution is 0.504. The molecule has 21 heavy (non-hydrogen) atoms. The lowest BCUT2D eigenvalue weighted by Gasteiger charge is -2.21. The molecule has 0 aliphatic heterocycles. The molecule has 0 bridgehead atoms. The maximum Gasteiger partial charge on any atom is 0.110 e. The zero-order chi connectivity index (χ0) is 15.2. The van der Waals surface area contributed by atoms with Gasteiger partial charge in [0.2, 0.25) is 0 Å². The van der Waals surface area contributed by atoms with E-state index in [0.717, 1.165) is 36.2 Å². The Morgan fingerprint density at radius 3 is 2.81 bits per heavy atom. The van der Waals surface area contributed by atoms with E-state index in [9.17, 15) is 0 Å². The van der Waals surface area contributed by atoms with Gasteiger partial charge < -0.3 is 9.88 Å². The molecule has 1 aromatic carbocycles. The van der Waals surface area contributed by atoms with Crippen molar-refractivity contribution in [3.05, 3.63) is 52.0 Å². The molecular formula is C17H24BrN3. The summed E-state index contributed by atoms with van der Waals surface area (Å²) in [6.45, 7) is 8.52. The number of hydrogen-bond donors (Lipinski definition) is 1. The third kappa shape index (κ3) is 4.17. The van der Waals surface area contributed by atoms with Crippen LogP contribution in [0.5, 0.6) is 0 Å². The second-order valence-corrected chi connectivity index (χ2v) is 6.26. The average molecular weight is 350 g/mol. The van der Waals surface area contributed by atoms with Gasteiger partial charge in [-0.05, 0) is 50.1 Å². The fraction of sp³-hybridized carbons (Fsp3) is 0.471. The number of rotatable bonds is 7. The Bertz CT molecular complexity index is 577. The summed E-state index contributed by atoms with van der Waals surface area (Å²) >= 11 is 3.54. The zero-order valence-corrected chi connectivity index (χ0v) is 14.7. The van der Waals surface area contributed by atoms with E-state index in [1.165, 1.54) is 11.1 Å². The summed E-state index contributed by atoms with van der Waals surface area (Å²) in [6.07, 6.45) is 6.00. The van der Waals surface area contributed by atoms with Crippen molar-refractivity contribution in [2.75, 3.05) is 6.54 Å². The maximum absolute atomic E-state index is 4.52. The summed E-state index contributed by atoms with van der Waals surface area (Å²) in [5, 5.41) is 3.67. The Labute approximate surface area is 135 Å². The van der Waals surface area contributed by atoms with Gasteiger partial charge in [-0.1, -0.05) is 28.9 Å². The highest BCUT2D eigenvalue weighted by Crippen LogP contribution is 2.24. The molecule has 0 saturated heterocycles. The molecule has 0 saturated carbocycles. The fourth-order valence-electron chi connectivity index (χ4n) is 2.64. The van der Waals surface area contributed by atoms with Crippen molar-refractivity contribution in [3.63, 3.8) is 0 Å². The molecule has 0 aliphatic carbocycles. The highest BCUT2D eigenvalue weighted by atomic mass is 79.9. The molecule has 1 N–H and O–H groups in total. The molecule has 1 atom stereocenters. The third-order valence-corrected chi connectivity index (χ3v) is 4.27. The lowest BCUT2D eigenvalue weighted by Crippen LogP contribution is -2.26. The van der Waals surface area contributed by atoms with Gasteiger partial charge in [-0.25, -0.2) is 4.98 Å². The summed E-state index contributed by atoms with van der Waals surface area (Å²) in [6, 6.07) is 6.83. The van der Waals surface area contributed by atoms with Crippen LogP contribution < -0.4 is 5.32 Å². The SMILES string of the molecule is CCCNC(Cc1nccn1CC)c1ccc(Br)cc1C. The van der Waals surface area contributed by atoms with Crippen molar-refractivity contribution < 1.29 is 0 Å². The molecule has 2 aromatic rings. The summed E-state index contributed by atoms with van der Waals surface area (Å²) in [7, 11) is 0. The van der Waals surface area contributed by atoms with Gasteiger partial charge in [0.1, 0.15) is 5.82 Å². The Kier molecular flexibility index (Phi) is 6.00. The van der Waals surface area contributed by atoms with Crippen LogP contribution in [0.4, 0.5) is 0 Å². The van der Waals surface area contributed by atoms with Crippen LogP contribution in [0.3, 0.4) is 0 Å². The molecule has 4 heteroatoms. The number of aromatic nitrogens is 2. The standard InChI is InChI=1S/C17H24BrN3/c1-4-8-19-16(12-17-20-9-10-21(17)5-2)15-7-6-14(18)11-13(15)3/h6-7,9-11,16,19H,4-5,8,12H2,1-3H3. The quantitative estimate of drug-likeness (QED) is 0.809. The van der Waals surface area contributed by atoms with E-state index < -0.39 is 0 Å². The number of hydrogen-bond acceptors (Lipinski definition) is 2. The van der Waals surface area contributed by atoms with E-state index in [1.54, 1.807) is 0 Å². The van der Waals surface area contributed by atoms with Crippen LogP contribution in [0.25, 0.3) is 0 Å². The summed E-state index contributed by atoms with van der Waals surface area (Å²) in [4.78, 5) is 4.52. The second kappa shape index (κ2) is 7.76. The lowest BCUT2D eigenvalue weighted by atomic mass is 9.98. The molecule has 2 rings (SSSR count). The Morgan fingerprint density at radius 2 is 2.14 bits per heavy atom. The topological polar surface area (TPSA) is 29.9 Å². The highest BCUT2D eigenvalue weighted by molar-refractivity contribution is 9.10. The smallest absolute Gasteiger partial charge is 0.110 e. The molecule has 0 aliphatic rings. The second-order valence-electron chi connectivity index (χ2n) is 5.34. The minimum absolute atomic E-state index is 0.311. The first-order chi connectivity index (χ1) is 10.2. The van der Waals surface area contributed by atoms with Gasteiger partial charge in [-0.2, -0.15) is 0 Å². The molecular weight excluding hydrogens is 326 g/mol. The maximum atomic E-state index is 4.52. The number of nitrogens with zero attached hydrogens (tertiary/aromatic N) is 2. The summed E-state index contributed by atoms with van der Waals surface area (Å²) < 4.78 is 3.35. The number of aryl methyl sites for hydroxylation is 2.